The number of carbonyl (C=O) groups is 1. The molecule has 0 fully saturated rings. The lowest BCUT2D eigenvalue weighted by molar-refractivity contribution is -0.118. The van der Waals surface area contributed by atoms with Crippen molar-refractivity contribution in [1.82, 2.24) is 0 Å². The van der Waals surface area contributed by atoms with Crippen molar-refractivity contribution in [3.63, 3.8) is 0 Å². The van der Waals surface area contributed by atoms with Crippen molar-refractivity contribution in [3.8, 4) is 5.75 Å². The van der Waals surface area contributed by atoms with Crippen LogP contribution in [-0.4, -0.2) is 13.0 Å². The zero-order chi connectivity index (χ0) is 15.0. The fourth-order valence-electron chi connectivity index (χ4n) is 2.68. The lowest BCUT2D eigenvalue weighted by Crippen LogP contribution is -2.27. The van der Waals surface area contributed by atoms with Crippen LogP contribution >= 0.6 is 0 Å². The topological polar surface area (TPSA) is 55.6 Å². The molecule has 0 aromatic heterocycles. The molecule has 2 aromatic carbocycles. The van der Waals surface area contributed by atoms with E-state index in [9.17, 15) is 4.79 Å². The molecule has 1 aliphatic heterocycles. The van der Waals surface area contributed by atoms with E-state index in [0.29, 0.717) is 5.75 Å². The highest BCUT2D eigenvalue weighted by molar-refractivity contribution is 6.10. The van der Waals surface area contributed by atoms with Crippen LogP contribution in [0.5, 0.6) is 5.75 Å². The summed E-state index contributed by atoms with van der Waals surface area (Å²) in [4.78, 5) is 14.2. The van der Waals surface area contributed by atoms with Gasteiger partial charge in [0.15, 0.2) is 0 Å². The Hall–Kier alpha value is -2.33. The second kappa shape index (κ2) is 5.22. The molecule has 2 N–H and O–H groups in total. The number of amides is 1. The van der Waals surface area contributed by atoms with Gasteiger partial charge < -0.3 is 10.5 Å². The monoisotopic (exact) mass is 282 g/mol. The normalized spacial score (nSPS) is 17.0. The number of rotatable bonds is 3. The van der Waals surface area contributed by atoms with E-state index >= 15 is 0 Å². The van der Waals surface area contributed by atoms with Crippen molar-refractivity contribution in [1.29, 1.82) is 0 Å². The number of aryl methyl sites for hydroxylation is 1. The standard InChI is InChI=1S/C17H18N2O2/c1-3-11-5-4-6-12(9-11)19-15-10-13(21-2)7-8-14(15)16(18)17(19)20/h4-10,16H,3,18H2,1-2H3. The van der Waals surface area contributed by atoms with Gasteiger partial charge >= 0.3 is 0 Å². The lowest BCUT2D eigenvalue weighted by atomic mass is 10.1. The molecule has 4 nitrogen and oxygen atoms in total. The minimum atomic E-state index is -0.615. The smallest absolute Gasteiger partial charge is 0.253 e. The van der Waals surface area contributed by atoms with Gasteiger partial charge in [0.1, 0.15) is 11.8 Å². The summed E-state index contributed by atoms with van der Waals surface area (Å²) >= 11 is 0. The van der Waals surface area contributed by atoms with Crippen LogP contribution < -0.4 is 15.4 Å². The molecule has 0 saturated heterocycles. The van der Waals surface area contributed by atoms with E-state index in [-0.39, 0.29) is 5.91 Å². The first-order chi connectivity index (χ1) is 10.2. The van der Waals surface area contributed by atoms with Gasteiger partial charge in [-0.1, -0.05) is 25.1 Å². The molecule has 0 bridgehead atoms. The highest BCUT2D eigenvalue weighted by Gasteiger charge is 2.36. The summed E-state index contributed by atoms with van der Waals surface area (Å²) in [6, 6.07) is 12.9. The van der Waals surface area contributed by atoms with E-state index in [2.05, 4.69) is 13.0 Å². The number of hydrogen-bond acceptors (Lipinski definition) is 3. The van der Waals surface area contributed by atoms with Crippen molar-refractivity contribution >= 4 is 17.3 Å². The van der Waals surface area contributed by atoms with E-state index in [1.807, 2.05) is 36.4 Å². The van der Waals surface area contributed by atoms with E-state index < -0.39 is 6.04 Å². The Bertz CT molecular complexity index is 697. The molecule has 2 aromatic rings. The fraction of sp³-hybridized carbons (Fsp3) is 0.235. The van der Waals surface area contributed by atoms with Crippen LogP contribution in [0.15, 0.2) is 42.5 Å². The molecule has 1 amide bonds. The molecule has 1 atom stereocenters. The van der Waals surface area contributed by atoms with Crippen LogP contribution in [0.4, 0.5) is 11.4 Å². The Morgan fingerprint density at radius 3 is 2.76 bits per heavy atom. The summed E-state index contributed by atoms with van der Waals surface area (Å²) in [6.45, 7) is 2.09. The van der Waals surface area contributed by atoms with Crippen LogP contribution in [-0.2, 0) is 11.2 Å². The molecule has 21 heavy (non-hydrogen) atoms. The molecule has 1 heterocycles. The summed E-state index contributed by atoms with van der Waals surface area (Å²) in [6.07, 6.45) is 0.924. The highest BCUT2D eigenvalue weighted by atomic mass is 16.5. The average molecular weight is 282 g/mol. The van der Waals surface area contributed by atoms with Gasteiger partial charge in [0.25, 0.3) is 5.91 Å². The number of carbonyl (C=O) groups excluding carboxylic acids is 1. The highest BCUT2D eigenvalue weighted by Crippen LogP contribution is 2.41. The Balaban J connectivity index is 2.13. The van der Waals surface area contributed by atoms with E-state index in [1.54, 1.807) is 12.0 Å². The summed E-state index contributed by atoms with van der Waals surface area (Å²) in [7, 11) is 1.61. The van der Waals surface area contributed by atoms with E-state index in [1.165, 1.54) is 5.56 Å². The predicted octanol–water partition coefficient (Wildman–Crippen LogP) is 2.94. The van der Waals surface area contributed by atoms with Gasteiger partial charge in [-0.05, 0) is 30.2 Å². The number of anilines is 2. The molecule has 0 radical (unpaired) electrons. The zero-order valence-electron chi connectivity index (χ0n) is 12.2. The van der Waals surface area contributed by atoms with Gasteiger partial charge in [-0.15, -0.1) is 0 Å². The predicted molar refractivity (Wildman–Crippen MR) is 82.9 cm³/mol. The third-order valence-electron chi connectivity index (χ3n) is 3.88. The Kier molecular flexibility index (Phi) is 3.39. The number of fused-ring (bicyclic) bond motifs is 1. The van der Waals surface area contributed by atoms with E-state index in [4.69, 9.17) is 10.5 Å². The average Bonchev–Trinajstić information content (AvgIpc) is 2.78. The van der Waals surface area contributed by atoms with Crippen LogP contribution in [0.1, 0.15) is 24.1 Å². The quantitative estimate of drug-likeness (QED) is 0.941. The molecule has 3 rings (SSSR count). The molecular weight excluding hydrogens is 264 g/mol. The van der Waals surface area contributed by atoms with Gasteiger partial charge in [-0.25, -0.2) is 0 Å². The summed E-state index contributed by atoms with van der Waals surface area (Å²) < 4.78 is 5.26. The van der Waals surface area contributed by atoms with Crippen molar-refractivity contribution in [3.05, 3.63) is 53.6 Å². The minimum absolute atomic E-state index is 0.105. The van der Waals surface area contributed by atoms with Crippen molar-refractivity contribution in [2.75, 3.05) is 12.0 Å². The molecule has 4 heteroatoms. The first-order valence-corrected chi connectivity index (χ1v) is 7.02. The first kappa shape index (κ1) is 13.6. The largest absolute Gasteiger partial charge is 0.497 e. The van der Waals surface area contributed by atoms with Gasteiger partial charge in [-0.3, -0.25) is 9.69 Å². The van der Waals surface area contributed by atoms with Gasteiger partial charge in [0, 0.05) is 17.3 Å². The van der Waals surface area contributed by atoms with Crippen LogP contribution in [0, 0.1) is 0 Å². The third kappa shape index (κ3) is 2.17. The Labute approximate surface area is 124 Å². The second-order valence-corrected chi connectivity index (χ2v) is 5.10. The second-order valence-electron chi connectivity index (χ2n) is 5.10. The third-order valence-corrected chi connectivity index (χ3v) is 3.88. The van der Waals surface area contributed by atoms with Gasteiger partial charge in [0.2, 0.25) is 0 Å². The number of nitrogens with zero attached hydrogens (tertiary/aromatic N) is 1. The van der Waals surface area contributed by atoms with E-state index in [0.717, 1.165) is 23.4 Å². The molecule has 1 aliphatic rings. The summed E-state index contributed by atoms with van der Waals surface area (Å²) in [5.41, 5.74) is 9.72. The van der Waals surface area contributed by atoms with Crippen molar-refractivity contribution in [2.45, 2.75) is 19.4 Å². The zero-order valence-corrected chi connectivity index (χ0v) is 12.2. The Morgan fingerprint density at radius 2 is 2.05 bits per heavy atom. The summed E-state index contributed by atoms with van der Waals surface area (Å²) in [5, 5.41) is 0. The molecule has 0 saturated carbocycles. The fourth-order valence-corrected chi connectivity index (χ4v) is 2.68. The van der Waals surface area contributed by atoms with Gasteiger partial charge in [0.05, 0.1) is 12.8 Å². The van der Waals surface area contributed by atoms with Crippen molar-refractivity contribution in [2.24, 2.45) is 5.73 Å². The molecule has 108 valence electrons. The number of methoxy groups -OCH3 is 1. The molecule has 0 aliphatic carbocycles. The number of benzene rings is 2. The maximum atomic E-state index is 12.5. The Morgan fingerprint density at radius 1 is 1.24 bits per heavy atom. The molecular formula is C17H18N2O2. The number of hydrogen-bond donors (Lipinski definition) is 1. The van der Waals surface area contributed by atoms with Crippen molar-refractivity contribution < 1.29 is 9.53 Å². The number of nitrogens with two attached hydrogens (primary N) is 1. The number of ether oxygens (including phenoxy) is 1. The minimum Gasteiger partial charge on any atom is -0.497 e. The first-order valence-electron chi connectivity index (χ1n) is 7.02. The maximum absolute atomic E-state index is 12.5. The van der Waals surface area contributed by atoms with Crippen LogP contribution in [0.25, 0.3) is 0 Å². The lowest BCUT2D eigenvalue weighted by Gasteiger charge is -2.19. The van der Waals surface area contributed by atoms with Crippen LogP contribution in [0.2, 0.25) is 0 Å². The molecule has 1 unspecified atom stereocenters. The maximum Gasteiger partial charge on any atom is 0.253 e. The van der Waals surface area contributed by atoms with Crippen LogP contribution in [0.3, 0.4) is 0 Å². The summed E-state index contributed by atoms with van der Waals surface area (Å²) in [5.74, 6) is 0.610. The van der Waals surface area contributed by atoms with Gasteiger partial charge in [-0.2, -0.15) is 0 Å². The SMILES string of the molecule is CCc1cccc(N2C(=O)C(N)c3ccc(OC)cc32)c1. The molecule has 0 spiro atoms.